The smallest absolute Gasteiger partial charge is 0 e. The molecule has 0 bridgehead atoms. The normalized spacial score (nSPS) is 20.0. The van der Waals surface area contributed by atoms with Gasteiger partial charge in [-0.2, -0.15) is 12.8 Å². The second-order valence-corrected chi connectivity index (χ2v) is 1.57. The predicted octanol–water partition coefficient (Wildman–Crippen LogP) is 1.76. The topological polar surface area (TPSA) is 0 Å². The van der Waals surface area contributed by atoms with Gasteiger partial charge in [-0.25, -0.2) is 0 Å². The molecule has 0 aromatic heterocycles. The van der Waals surface area contributed by atoms with E-state index in [2.05, 4.69) is 6.42 Å². The van der Waals surface area contributed by atoms with Crippen LogP contribution < -0.4 is 0 Å². The van der Waals surface area contributed by atoms with E-state index in [1.165, 1.54) is 25.7 Å². The van der Waals surface area contributed by atoms with Crippen LogP contribution in [0.4, 0.5) is 0 Å². The Hall–Kier alpha value is 0.662. The molecule has 0 aromatic rings. The van der Waals surface area contributed by atoms with Gasteiger partial charge in [0.2, 0.25) is 0 Å². The summed E-state index contributed by atoms with van der Waals surface area (Å²) in [6.07, 6.45) is 8.00. The zero-order valence-electron chi connectivity index (χ0n) is 3.72. The number of hydrogen-bond donors (Lipinski definition) is 0. The molecule has 0 spiro atoms. The van der Waals surface area contributed by atoms with Crippen molar-refractivity contribution >= 4 is 0 Å². The van der Waals surface area contributed by atoms with E-state index >= 15 is 0 Å². The van der Waals surface area contributed by atoms with E-state index in [1.54, 1.807) is 0 Å². The van der Waals surface area contributed by atoms with Crippen molar-refractivity contribution in [3.8, 4) is 0 Å². The van der Waals surface area contributed by atoms with Crippen molar-refractivity contribution in [3.05, 3.63) is 6.42 Å². The molecule has 1 saturated carbocycles. The molecule has 0 aliphatic heterocycles. The first-order chi connectivity index (χ1) is 2.50. The zero-order valence-corrected chi connectivity index (χ0v) is 5.28. The van der Waals surface area contributed by atoms with Gasteiger partial charge in [0.1, 0.15) is 0 Å². The first kappa shape index (κ1) is 6.66. The molecular formula is C5H9Pd-. The molecule has 0 heterocycles. The van der Waals surface area contributed by atoms with Gasteiger partial charge < -0.3 is 6.42 Å². The largest absolute Gasteiger partial charge is 0.328 e. The van der Waals surface area contributed by atoms with Crippen LogP contribution in [0.1, 0.15) is 25.7 Å². The van der Waals surface area contributed by atoms with E-state index in [0.717, 1.165) is 0 Å². The van der Waals surface area contributed by atoms with Gasteiger partial charge in [0, 0.05) is 20.4 Å². The Morgan fingerprint density at radius 2 is 1.50 bits per heavy atom. The first-order valence-corrected chi connectivity index (χ1v) is 2.32. The summed E-state index contributed by atoms with van der Waals surface area (Å²) in [5, 5.41) is 0. The van der Waals surface area contributed by atoms with E-state index < -0.39 is 0 Å². The molecule has 0 N–H and O–H groups in total. The summed E-state index contributed by atoms with van der Waals surface area (Å²) < 4.78 is 0. The quantitative estimate of drug-likeness (QED) is 0.389. The van der Waals surface area contributed by atoms with Gasteiger partial charge in [-0.3, -0.25) is 0 Å². The minimum absolute atomic E-state index is 0. The molecule has 1 fully saturated rings. The minimum atomic E-state index is 0. The molecule has 1 heteroatoms. The zero-order chi connectivity index (χ0) is 3.54. The molecule has 0 saturated heterocycles. The minimum Gasteiger partial charge on any atom is -0.328 e. The van der Waals surface area contributed by atoms with Crippen molar-refractivity contribution in [2.24, 2.45) is 0 Å². The maximum atomic E-state index is 2.36. The molecule has 0 nitrogen and oxygen atoms in total. The van der Waals surface area contributed by atoms with Gasteiger partial charge in [-0.15, -0.1) is 0 Å². The Labute approximate surface area is 53.0 Å². The molecule has 6 heavy (non-hydrogen) atoms. The maximum Gasteiger partial charge on any atom is 0 e. The fourth-order valence-electron chi connectivity index (χ4n) is 0.722. The molecule has 1 aliphatic rings. The average Bonchev–Trinajstić information content (AvgIpc) is 1.76. The average molecular weight is 176 g/mol. The van der Waals surface area contributed by atoms with Gasteiger partial charge in [0.15, 0.2) is 0 Å². The molecule has 0 aromatic carbocycles. The molecule has 1 rings (SSSR count). The molecule has 1 aliphatic carbocycles. The molecule has 0 radical (unpaired) electrons. The summed E-state index contributed by atoms with van der Waals surface area (Å²) >= 11 is 0. The summed E-state index contributed by atoms with van der Waals surface area (Å²) in [5.41, 5.74) is 0. The van der Waals surface area contributed by atoms with Crippen molar-refractivity contribution < 1.29 is 20.4 Å². The number of rotatable bonds is 0. The van der Waals surface area contributed by atoms with E-state index in [0.29, 0.717) is 0 Å². The summed E-state index contributed by atoms with van der Waals surface area (Å²) in [5.74, 6) is 0. The summed E-state index contributed by atoms with van der Waals surface area (Å²) in [7, 11) is 0. The van der Waals surface area contributed by atoms with Crippen molar-refractivity contribution in [1.29, 1.82) is 0 Å². The maximum absolute atomic E-state index is 2.36. The van der Waals surface area contributed by atoms with Crippen LogP contribution in [0.3, 0.4) is 0 Å². The van der Waals surface area contributed by atoms with Crippen LogP contribution in [0.5, 0.6) is 0 Å². The second-order valence-electron chi connectivity index (χ2n) is 1.57. The van der Waals surface area contributed by atoms with Crippen LogP contribution in [0.2, 0.25) is 0 Å². The number of hydrogen-bond acceptors (Lipinski definition) is 0. The molecule has 0 unspecified atom stereocenters. The standard InChI is InChI=1S/C5H9.Pd/c1-2-4-5-3-1;/h1H,2-5H2;/q-1;. The fraction of sp³-hybridized carbons (Fsp3) is 0.800. The van der Waals surface area contributed by atoms with E-state index in [4.69, 9.17) is 0 Å². The Kier molecular flexibility index (Phi) is 4.26. The monoisotopic (exact) mass is 175 g/mol. The van der Waals surface area contributed by atoms with Gasteiger partial charge in [-0.05, 0) is 0 Å². The fourth-order valence-corrected chi connectivity index (χ4v) is 0.722. The van der Waals surface area contributed by atoms with Crippen LogP contribution in [0.15, 0.2) is 0 Å². The van der Waals surface area contributed by atoms with Gasteiger partial charge in [-0.1, -0.05) is 12.8 Å². The summed E-state index contributed by atoms with van der Waals surface area (Å²) in [6.45, 7) is 0. The van der Waals surface area contributed by atoms with E-state index in [9.17, 15) is 0 Å². The van der Waals surface area contributed by atoms with Crippen molar-refractivity contribution in [2.75, 3.05) is 0 Å². The van der Waals surface area contributed by atoms with Gasteiger partial charge in [0.25, 0.3) is 0 Å². The third kappa shape index (κ3) is 1.95. The Bertz CT molecular complexity index is 15.5. The Morgan fingerprint density at radius 1 is 1.00 bits per heavy atom. The van der Waals surface area contributed by atoms with E-state index in [-0.39, 0.29) is 20.4 Å². The van der Waals surface area contributed by atoms with Gasteiger partial charge >= 0.3 is 0 Å². The van der Waals surface area contributed by atoms with Crippen LogP contribution in [-0.2, 0) is 20.4 Å². The van der Waals surface area contributed by atoms with Crippen molar-refractivity contribution in [2.45, 2.75) is 25.7 Å². The SMILES string of the molecule is [CH-]1CCCC1.[Pd]. The van der Waals surface area contributed by atoms with Crippen LogP contribution in [-0.4, -0.2) is 0 Å². The third-order valence-electron chi connectivity index (χ3n) is 1.07. The van der Waals surface area contributed by atoms with Crippen LogP contribution in [0.25, 0.3) is 0 Å². The molecule has 0 amide bonds. The van der Waals surface area contributed by atoms with E-state index in [1.807, 2.05) is 0 Å². The molecular weight excluding hydrogens is 166 g/mol. The van der Waals surface area contributed by atoms with Crippen LogP contribution >= 0.6 is 0 Å². The van der Waals surface area contributed by atoms with Crippen molar-refractivity contribution in [3.63, 3.8) is 0 Å². The van der Waals surface area contributed by atoms with Crippen LogP contribution in [0, 0.1) is 6.42 Å². The Morgan fingerprint density at radius 3 is 1.67 bits per heavy atom. The first-order valence-electron chi connectivity index (χ1n) is 2.32. The summed E-state index contributed by atoms with van der Waals surface area (Å²) in [6, 6.07) is 0. The predicted molar refractivity (Wildman–Crippen MR) is 22.8 cm³/mol. The second kappa shape index (κ2) is 3.84. The Balaban J connectivity index is 0.000000250. The van der Waals surface area contributed by atoms with Crippen molar-refractivity contribution in [1.82, 2.24) is 0 Å². The third-order valence-corrected chi connectivity index (χ3v) is 1.07. The van der Waals surface area contributed by atoms with Gasteiger partial charge in [0.05, 0.1) is 0 Å². The molecule has 0 atom stereocenters. The molecule has 40 valence electrons. The summed E-state index contributed by atoms with van der Waals surface area (Å²) in [4.78, 5) is 0.